The van der Waals surface area contributed by atoms with E-state index in [9.17, 15) is 13.6 Å². The van der Waals surface area contributed by atoms with Crippen molar-refractivity contribution in [2.45, 2.75) is 26.7 Å². The van der Waals surface area contributed by atoms with Gasteiger partial charge in [0.2, 0.25) is 5.95 Å². The van der Waals surface area contributed by atoms with Crippen LogP contribution in [0.3, 0.4) is 0 Å². The van der Waals surface area contributed by atoms with E-state index in [1.54, 1.807) is 66.6 Å². The van der Waals surface area contributed by atoms with Gasteiger partial charge in [-0.25, -0.2) is 23.7 Å². The van der Waals surface area contributed by atoms with Crippen LogP contribution in [0.1, 0.15) is 34.1 Å². The van der Waals surface area contributed by atoms with Gasteiger partial charge in [-0.05, 0) is 67.9 Å². The number of pyridine rings is 1. The average molecular weight is 526 g/mol. The van der Waals surface area contributed by atoms with Crippen molar-refractivity contribution in [2.24, 2.45) is 0 Å². The minimum absolute atomic E-state index is 0.224. The first-order valence-electron chi connectivity index (χ1n) is 12.1. The second-order valence-corrected chi connectivity index (χ2v) is 9.20. The third-order valence-electron chi connectivity index (χ3n) is 6.05. The van der Waals surface area contributed by atoms with Gasteiger partial charge in [0.15, 0.2) is 0 Å². The molecule has 0 saturated heterocycles. The SMILES string of the molecule is Cc1cn(-c2cc(NC(=O)c3ccc(C)c(Nc4nccc(-c5cccnc5)n4)c3)cc(C(C)(F)F)c2)cn1. The summed E-state index contributed by atoms with van der Waals surface area (Å²) in [6.45, 7) is 4.52. The number of carbonyl (C=O) groups excluding carboxylic acids is 1. The van der Waals surface area contributed by atoms with Crippen molar-refractivity contribution < 1.29 is 13.6 Å². The van der Waals surface area contributed by atoms with E-state index in [0.29, 0.717) is 28.6 Å². The Balaban J connectivity index is 1.41. The lowest BCUT2D eigenvalue weighted by atomic mass is 10.1. The molecule has 2 aromatic carbocycles. The average Bonchev–Trinajstić information content (AvgIpc) is 3.36. The third kappa shape index (κ3) is 5.96. The van der Waals surface area contributed by atoms with Crippen LogP contribution >= 0.6 is 0 Å². The van der Waals surface area contributed by atoms with Crippen molar-refractivity contribution in [3.05, 3.63) is 108 Å². The Morgan fingerprint density at radius 2 is 1.85 bits per heavy atom. The van der Waals surface area contributed by atoms with Crippen molar-refractivity contribution in [1.82, 2.24) is 24.5 Å². The van der Waals surface area contributed by atoms with E-state index in [1.807, 2.05) is 19.1 Å². The van der Waals surface area contributed by atoms with E-state index in [2.05, 4.69) is 30.6 Å². The number of alkyl halides is 2. The Morgan fingerprint density at radius 1 is 1.00 bits per heavy atom. The molecule has 2 N–H and O–H groups in total. The van der Waals surface area contributed by atoms with Crippen LogP contribution in [-0.4, -0.2) is 30.4 Å². The minimum Gasteiger partial charge on any atom is -0.324 e. The monoisotopic (exact) mass is 525 g/mol. The van der Waals surface area contributed by atoms with Gasteiger partial charge in [-0.3, -0.25) is 9.78 Å². The Morgan fingerprint density at radius 3 is 2.56 bits per heavy atom. The minimum atomic E-state index is -3.10. The van der Waals surface area contributed by atoms with Crippen molar-refractivity contribution >= 4 is 23.2 Å². The molecule has 5 aromatic rings. The van der Waals surface area contributed by atoms with Gasteiger partial charge >= 0.3 is 0 Å². The highest BCUT2D eigenvalue weighted by Crippen LogP contribution is 2.32. The lowest BCUT2D eigenvalue weighted by Crippen LogP contribution is -2.15. The van der Waals surface area contributed by atoms with Crippen molar-refractivity contribution in [2.75, 3.05) is 10.6 Å². The molecular formula is C29H25F2N7O. The van der Waals surface area contributed by atoms with Gasteiger partial charge in [0.1, 0.15) is 0 Å². The summed E-state index contributed by atoms with van der Waals surface area (Å²) in [5.74, 6) is -3.20. The molecule has 8 nitrogen and oxygen atoms in total. The summed E-state index contributed by atoms with van der Waals surface area (Å²) in [6.07, 6.45) is 8.30. The van der Waals surface area contributed by atoms with Gasteiger partial charge in [0.05, 0.1) is 17.7 Å². The molecule has 0 radical (unpaired) electrons. The summed E-state index contributed by atoms with van der Waals surface area (Å²) in [4.78, 5) is 30.3. The number of hydrogen-bond donors (Lipinski definition) is 2. The van der Waals surface area contributed by atoms with Gasteiger partial charge in [-0.15, -0.1) is 0 Å². The first-order chi connectivity index (χ1) is 18.7. The topological polar surface area (TPSA) is 97.6 Å². The number of nitrogens with zero attached hydrogens (tertiary/aromatic N) is 5. The standard InChI is InChI=1S/C29H25F2N7O/c1-18-6-7-20(11-26(18)37-28-33-10-8-25(36-28)21-5-4-9-32-15-21)27(39)35-23-12-22(29(3,30)31)13-24(14-23)38-16-19(2)34-17-38/h4-17H,1-3H3,(H,35,39)(H,33,36,37). The van der Waals surface area contributed by atoms with Crippen LogP contribution in [0, 0.1) is 13.8 Å². The molecule has 196 valence electrons. The quantitative estimate of drug-likeness (QED) is 0.254. The van der Waals surface area contributed by atoms with Gasteiger partial charge in [0, 0.05) is 65.5 Å². The number of carbonyl (C=O) groups is 1. The summed E-state index contributed by atoms with van der Waals surface area (Å²) in [5.41, 5.74) is 4.59. The number of aryl methyl sites for hydroxylation is 2. The van der Waals surface area contributed by atoms with Gasteiger partial charge in [-0.2, -0.15) is 0 Å². The van der Waals surface area contributed by atoms with Crippen LogP contribution in [0.2, 0.25) is 0 Å². The normalized spacial score (nSPS) is 11.3. The van der Waals surface area contributed by atoms with Crippen LogP contribution in [0.15, 0.2) is 85.7 Å². The molecule has 39 heavy (non-hydrogen) atoms. The molecule has 0 bridgehead atoms. The number of anilines is 3. The maximum Gasteiger partial charge on any atom is 0.270 e. The van der Waals surface area contributed by atoms with E-state index in [1.165, 1.54) is 18.5 Å². The molecule has 10 heteroatoms. The number of imidazole rings is 1. The zero-order valence-electron chi connectivity index (χ0n) is 21.5. The number of rotatable bonds is 7. The van der Waals surface area contributed by atoms with E-state index < -0.39 is 11.8 Å². The molecule has 5 rings (SSSR count). The molecule has 0 atom stereocenters. The fourth-order valence-electron chi connectivity index (χ4n) is 3.96. The van der Waals surface area contributed by atoms with Crippen LogP contribution in [-0.2, 0) is 5.92 Å². The van der Waals surface area contributed by atoms with E-state index in [4.69, 9.17) is 0 Å². The number of benzene rings is 2. The fraction of sp³-hybridized carbons (Fsp3) is 0.138. The third-order valence-corrected chi connectivity index (χ3v) is 6.05. The smallest absolute Gasteiger partial charge is 0.270 e. The Hall–Kier alpha value is -4.99. The largest absolute Gasteiger partial charge is 0.324 e. The number of halogens is 2. The molecule has 0 aliphatic rings. The van der Waals surface area contributed by atoms with Crippen LogP contribution in [0.4, 0.5) is 26.1 Å². The Kier molecular flexibility index (Phi) is 6.84. The van der Waals surface area contributed by atoms with Crippen molar-refractivity contribution in [3.63, 3.8) is 0 Å². The lowest BCUT2D eigenvalue weighted by molar-refractivity contribution is 0.0175. The summed E-state index contributed by atoms with van der Waals surface area (Å²) in [7, 11) is 0. The number of aromatic nitrogens is 5. The summed E-state index contributed by atoms with van der Waals surface area (Å²) in [5, 5.41) is 5.93. The van der Waals surface area contributed by atoms with Gasteiger partial charge < -0.3 is 15.2 Å². The molecule has 1 amide bonds. The van der Waals surface area contributed by atoms with Crippen LogP contribution in [0.5, 0.6) is 0 Å². The maximum absolute atomic E-state index is 14.3. The predicted octanol–water partition coefficient (Wildman–Crippen LogP) is 6.45. The van der Waals surface area contributed by atoms with E-state index >= 15 is 0 Å². The zero-order chi connectivity index (χ0) is 27.6. The fourth-order valence-corrected chi connectivity index (χ4v) is 3.96. The molecule has 0 fully saturated rings. The molecule has 0 saturated carbocycles. The van der Waals surface area contributed by atoms with E-state index in [-0.39, 0.29) is 11.3 Å². The molecule has 0 aliphatic carbocycles. The second-order valence-electron chi connectivity index (χ2n) is 9.20. The lowest BCUT2D eigenvalue weighted by Gasteiger charge is -2.16. The van der Waals surface area contributed by atoms with Crippen LogP contribution < -0.4 is 10.6 Å². The highest BCUT2D eigenvalue weighted by molar-refractivity contribution is 6.05. The van der Waals surface area contributed by atoms with Crippen LogP contribution in [0.25, 0.3) is 16.9 Å². The van der Waals surface area contributed by atoms with Gasteiger partial charge in [0.25, 0.3) is 11.8 Å². The summed E-state index contributed by atoms with van der Waals surface area (Å²) in [6, 6.07) is 14.9. The predicted molar refractivity (Wildman–Crippen MR) is 146 cm³/mol. The molecule has 0 spiro atoms. The molecule has 3 heterocycles. The highest BCUT2D eigenvalue weighted by Gasteiger charge is 2.26. The first-order valence-corrected chi connectivity index (χ1v) is 12.1. The molecule has 0 unspecified atom stereocenters. The highest BCUT2D eigenvalue weighted by atomic mass is 19.3. The second kappa shape index (κ2) is 10.4. The number of amides is 1. The van der Waals surface area contributed by atoms with Gasteiger partial charge in [-0.1, -0.05) is 6.07 Å². The summed E-state index contributed by atoms with van der Waals surface area (Å²) < 4.78 is 30.2. The number of hydrogen-bond acceptors (Lipinski definition) is 6. The maximum atomic E-state index is 14.3. The van der Waals surface area contributed by atoms with Crippen molar-refractivity contribution in [1.29, 1.82) is 0 Å². The zero-order valence-corrected chi connectivity index (χ0v) is 21.5. The first kappa shape index (κ1) is 25.7. The number of nitrogens with one attached hydrogen (secondary N) is 2. The molecular weight excluding hydrogens is 500 g/mol. The molecule has 3 aromatic heterocycles. The van der Waals surface area contributed by atoms with E-state index in [0.717, 1.165) is 23.7 Å². The Labute approximate surface area is 223 Å². The molecule has 0 aliphatic heterocycles. The summed E-state index contributed by atoms with van der Waals surface area (Å²) >= 11 is 0. The Bertz CT molecular complexity index is 1650. The van der Waals surface area contributed by atoms with Crippen molar-refractivity contribution in [3.8, 4) is 16.9 Å².